The van der Waals surface area contributed by atoms with Crippen LogP contribution in [-0.4, -0.2) is 38.0 Å². The van der Waals surface area contributed by atoms with Gasteiger partial charge in [-0.15, -0.1) is 6.58 Å². The smallest absolute Gasteiger partial charge is 0.309 e. The van der Waals surface area contributed by atoms with Gasteiger partial charge in [-0.2, -0.15) is 0 Å². The van der Waals surface area contributed by atoms with Gasteiger partial charge < -0.3 is 16.0 Å². The molecule has 1 aliphatic heterocycles. The van der Waals surface area contributed by atoms with Crippen molar-refractivity contribution in [3.63, 3.8) is 0 Å². The standard InChI is InChI=1S/C11H19N3O2/c1-2-5-13-10(15)11(16)14-8-9-3-6-12-7-4-9/h2,9,12H,1,3-8H2,(H,13,15)(H,14,16). The van der Waals surface area contributed by atoms with Gasteiger partial charge in [-0.3, -0.25) is 9.59 Å². The van der Waals surface area contributed by atoms with E-state index in [-0.39, 0.29) is 0 Å². The molecule has 0 aromatic heterocycles. The zero-order chi connectivity index (χ0) is 11.8. The Morgan fingerprint density at radius 1 is 1.25 bits per heavy atom. The number of piperidine rings is 1. The van der Waals surface area contributed by atoms with Gasteiger partial charge in [0.05, 0.1) is 0 Å². The molecule has 0 aromatic carbocycles. The van der Waals surface area contributed by atoms with E-state index in [1.165, 1.54) is 6.08 Å². The van der Waals surface area contributed by atoms with E-state index in [0.717, 1.165) is 25.9 Å². The van der Waals surface area contributed by atoms with Crippen LogP contribution in [0.5, 0.6) is 0 Å². The van der Waals surface area contributed by atoms with Crippen LogP contribution in [0.1, 0.15) is 12.8 Å². The zero-order valence-electron chi connectivity index (χ0n) is 9.42. The highest BCUT2D eigenvalue weighted by Crippen LogP contribution is 2.09. The van der Waals surface area contributed by atoms with Crippen molar-refractivity contribution in [2.24, 2.45) is 5.92 Å². The molecular formula is C11H19N3O2. The van der Waals surface area contributed by atoms with Crippen LogP contribution >= 0.6 is 0 Å². The summed E-state index contributed by atoms with van der Waals surface area (Å²) < 4.78 is 0. The molecule has 1 heterocycles. The Morgan fingerprint density at radius 3 is 2.50 bits per heavy atom. The molecular weight excluding hydrogens is 206 g/mol. The Labute approximate surface area is 95.7 Å². The maximum Gasteiger partial charge on any atom is 0.309 e. The molecule has 90 valence electrons. The summed E-state index contributed by atoms with van der Waals surface area (Å²) in [5.41, 5.74) is 0. The summed E-state index contributed by atoms with van der Waals surface area (Å²) in [6.07, 6.45) is 3.64. The molecule has 0 aromatic rings. The first-order chi connectivity index (χ1) is 7.74. The minimum absolute atomic E-state index is 0.319. The van der Waals surface area contributed by atoms with Crippen LogP contribution in [0.3, 0.4) is 0 Å². The normalized spacial score (nSPS) is 16.5. The largest absolute Gasteiger partial charge is 0.348 e. The molecule has 0 radical (unpaired) electrons. The van der Waals surface area contributed by atoms with Crippen molar-refractivity contribution in [2.75, 3.05) is 26.2 Å². The van der Waals surface area contributed by atoms with Crippen LogP contribution in [0.25, 0.3) is 0 Å². The molecule has 1 fully saturated rings. The molecule has 0 aliphatic carbocycles. The van der Waals surface area contributed by atoms with Crippen molar-refractivity contribution >= 4 is 11.8 Å². The molecule has 0 atom stereocenters. The lowest BCUT2D eigenvalue weighted by molar-refractivity contribution is -0.139. The third kappa shape index (κ3) is 4.44. The zero-order valence-corrected chi connectivity index (χ0v) is 9.42. The lowest BCUT2D eigenvalue weighted by atomic mass is 9.98. The summed E-state index contributed by atoms with van der Waals surface area (Å²) >= 11 is 0. The molecule has 5 nitrogen and oxygen atoms in total. The third-order valence-corrected chi connectivity index (χ3v) is 2.62. The number of carbonyl (C=O) groups excluding carboxylic acids is 2. The van der Waals surface area contributed by atoms with E-state index in [1.54, 1.807) is 0 Å². The molecule has 0 saturated carbocycles. The fourth-order valence-electron chi connectivity index (χ4n) is 1.65. The molecule has 16 heavy (non-hydrogen) atoms. The van der Waals surface area contributed by atoms with Crippen LogP contribution in [0.15, 0.2) is 12.7 Å². The van der Waals surface area contributed by atoms with Crippen molar-refractivity contribution in [1.82, 2.24) is 16.0 Å². The Morgan fingerprint density at radius 2 is 1.88 bits per heavy atom. The Kier molecular flexibility index (Phi) is 5.56. The second kappa shape index (κ2) is 7.00. The van der Waals surface area contributed by atoms with Gasteiger partial charge in [-0.05, 0) is 31.8 Å². The Balaban J connectivity index is 2.17. The third-order valence-electron chi connectivity index (χ3n) is 2.62. The van der Waals surface area contributed by atoms with E-state index in [4.69, 9.17) is 0 Å². The van der Waals surface area contributed by atoms with E-state index >= 15 is 0 Å². The van der Waals surface area contributed by atoms with E-state index in [9.17, 15) is 9.59 Å². The van der Waals surface area contributed by atoms with Crippen molar-refractivity contribution in [3.8, 4) is 0 Å². The van der Waals surface area contributed by atoms with E-state index < -0.39 is 11.8 Å². The van der Waals surface area contributed by atoms with Crippen LogP contribution in [-0.2, 0) is 9.59 Å². The molecule has 1 saturated heterocycles. The molecule has 1 rings (SSSR count). The van der Waals surface area contributed by atoms with Crippen molar-refractivity contribution in [3.05, 3.63) is 12.7 Å². The average Bonchev–Trinajstić information content (AvgIpc) is 2.34. The summed E-state index contributed by atoms with van der Waals surface area (Å²) in [5.74, 6) is -0.661. The van der Waals surface area contributed by atoms with Crippen LogP contribution in [0.4, 0.5) is 0 Å². The molecule has 0 bridgehead atoms. The molecule has 0 spiro atoms. The quantitative estimate of drug-likeness (QED) is 0.442. The van der Waals surface area contributed by atoms with Gasteiger partial charge in [0.25, 0.3) is 0 Å². The molecule has 5 heteroatoms. The second-order valence-corrected chi connectivity index (χ2v) is 3.90. The SMILES string of the molecule is C=CCNC(=O)C(=O)NCC1CCNCC1. The van der Waals surface area contributed by atoms with Gasteiger partial charge in [0, 0.05) is 13.1 Å². The summed E-state index contributed by atoms with van der Waals surface area (Å²) in [4.78, 5) is 22.5. The van der Waals surface area contributed by atoms with Gasteiger partial charge in [-0.25, -0.2) is 0 Å². The maximum atomic E-state index is 11.3. The first-order valence-corrected chi connectivity index (χ1v) is 5.61. The summed E-state index contributed by atoms with van der Waals surface area (Å²) in [6, 6.07) is 0. The van der Waals surface area contributed by atoms with Gasteiger partial charge in [0.2, 0.25) is 0 Å². The highest BCUT2D eigenvalue weighted by molar-refractivity contribution is 6.35. The first-order valence-electron chi connectivity index (χ1n) is 5.61. The highest BCUT2D eigenvalue weighted by atomic mass is 16.2. The number of rotatable bonds is 4. The lowest BCUT2D eigenvalue weighted by Gasteiger charge is -2.22. The maximum absolute atomic E-state index is 11.3. The van der Waals surface area contributed by atoms with Crippen LogP contribution < -0.4 is 16.0 Å². The van der Waals surface area contributed by atoms with Gasteiger partial charge >= 0.3 is 11.8 Å². The van der Waals surface area contributed by atoms with Crippen molar-refractivity contribution < 1.29 is 9.59 Å². The topological polar surface area (TPSA) is 70.2 Å². The Hall–Kier alpha value is -1.36. The number of nitrogens with one attached hydrogen (secondary N) is 3. The fourth-order valence-corrected chi connectivity index (χ4v) is 1.65. The minimum Gasteiger partial charge on any atom is -0.348 e. The summed E-state index contributed by atoms with van der Waals surface area (Å²) in [7, 11) is 0. The number of amides is 2. The monoisotopic (exact) mass is 225 g/mol. The number of hydrogen-bond donors (Lipinski definition) is 3. The van der Waals surface area contributed by atoms with E-state index in [1.807, 2.05) is 0 Å². The Bertz CT molecular complexity index is 260. The predicted molar refractivity (Wildman–Crippen MR) is 61.8 cm³/mol. The number of carbonyl (C=O) groups is 2. The number of hydrogen-bond acceptors (Lipinski definition) is 3. The van der Waals surface area contributed by atoms with Gasteiger partial charge in [0.15, 0.2) is 0 Å². The summed E-state index contributed by atoms with van der Waals surface area (Å²) in [5, 5.41) is 8.34. The highest BCUT2D eigenvalue weighted by Gasteiger charge is 2.16. The molecule has 1 aliphatic rings. The van der Waals surface area contributed by atoms with Crippen molar-refractivity contribution in [1.29, 1.82) is 0 Å². The van der Waals surface area contributed by atoms with Gasteiger partial charge in [0.1, 0.15) is 0 Å². The van der Waals surface area contributed by atoms with Gasteiger partial charge in [-0.1, -0.05) is 6.08 Å². The fraction of sp³-hybridized carbons (Fsp3) is 0.636. The predicted octanol–water partition coefficient (Wildman–Crippen LogP) is -0.596. The minimum atomic E-state index is -0.589. The van der Waals surface area contributed by atoms with E-state index in [2.05, 4.69) is 22.5 Å². The average molecular weight is 225 g/mol. The molecule has 0 unspecified atom stereocenters. The van der Waals surface area contributed by atoms with Crippen molar-refractivity contribution in [2.45, 2.75) is 12.8 Å². The lowest BCUT2D eigenvalue weighted by Crippen LogP contribution is -2.43. The second-order valence-electron chi connectivity index (χ2n) is 3.90. The summed E-state index contributed by atoms with van der Waals surface area (Å²) in [6.45, 7) is 6.34. The molecule has 2 amide bonds. The first kappa shape index (κ1) is 12.7. The van der Waals surface area contributed by atoms with Crippen LogP contribution in [0.2, 0.25) is 0 Å². The van der Waals surface area contributed by atoms with Crippen LogP contribution in [0, 0.1) is 5.92 Å². The molecule has 3 N–H and O–H groups in total. The van der Waals surface area contributed by atoms with E-state index in [0.29, 0.717) is 19.0 Å².